The zero-order valence-corrected chi connectivity index (χ0v) is 12.7. The standard InChI is InChI=1S/C16H20N2OS/c1-10-6-5-7-11(2)18(10)16(19)15-14(17)12-8-3-4-9-13(12)20-15/h3-4,8-11H,5-7,17H2,1-2H3/t10-,11+. The van der Waals surface area contributed by atoms with Gasteiger partial charge in [0.05, 0.1) is 5.69 Å². The molecule has 2 heterocycles. The van der Waals surface area contributed by atoms with Gasteiger partial charge in [-0.05, 0) is 39.2 Å². The molecule has 106 valence electrons. The molecule has 0 bridgehead atoms. The number of anilines is 1. The van der Waals surface area contributed by atoms with Crippen molar-refractivity contribution in [3.8, 4) is 0 Å². The van der Waals surface area contributed by atoms with E-state index >= 15 is 0 Å². The van der Waals surface area contributed by atoms with Crippen LogP contribution in [0.4, 0.5) is 5.69 Å². The minimum Gasteiger partial charge on any atom is -0.397 e. The molecule has 0 unspecified atom stereocenters. The lowest BCUT2D eigenvalue weighted by molar-refractivity contribution is 0.0517. The molecule has 1 aromatic carbocycles. The summed E-state index contributed by atoms with van der Waals surface area (Å²) in [5.41, 5.74) is 6.84. The summed E-state index contributed by atoms with van der Waals surface area (Å²) >= 11 is 1.51. The molecular weight excluding hydrogens is 268 g/mol. The summed E-state index contributed by atoms with van der Waals surface area (Å²) < 4.78 is 1.09. The summed E-state index contributed by atoms with van der Waals surface area (Å²) in [5, 5.41) is 0.998. The Morgan fingerprint density at radius 3 is 2.55 bits per heavy atom. The molecule has 0 aliphatic carbocycles. The van der Waals surface area contributed by atoms with Crippen molar-refractivity contribution in [1.29, 1.82) is 0 Å². The number of hydrogen-bond acceptors (Lipinski definition) is 3. The second kappa shape index (κ2) is 5.09. The van der Waals surface area contributed by atoms with Gasteiger partial charge in [-0.15, -0.1) is 11.3 Å². The van der Waals surface area contributed by atoms with Crippen LogP contribution in [0.2, 0.25) is 0 Å². The van der Waals surface area contributed by atoms with Crippen molar-refractivity contribution >= 4 is 33.0 Å². The van der Waals surface area contributed by atoms with E-state index in [1.165, 1.54) is 17.8 Å². The maximum atomic E-state index is 12.9. The van der Waals surface area contributed by atoms with Gasteiger partial charge in [-0.1, -0.05) is 18.2 Å². The quantitative estimate of drug-likeness (QED) is 0.865. The fourth-order valence-corrected chi connectivity index (χ4v) is 4.23. The highest BCUT2D eigenvalue weighted by molar-refractivity contribution is 7.21. The topological polar surface area (TPSA) is 46.3 Å². The Morgan fingerprint density at radius 2 is 1.90 bits per heavy atom. The van der Waals surface area contributed by atoms with Crippen molar-refractivity contribution in [3.05, 3.63) is 29.1 Å². The number of hydrogen-bond donors (Lipinski definition) is 1. The van der Waals surface area contributed by atoms with Gasteiger partial charge < -0.3 is 10.6 Å². The number of likely N-dealkylation sites (tertiary alicyclic amines) is 1. The second-order valence-corrected chi connectivity index (χ2v) is 6.73. The third kappa shape index (κ3) is 2.08. The Bertz CT molecular complexity index is 639. The van der Waals surface area contributed by atoms with Crippen LogP contribution in [0.15, 0.2) is 24.3 Å². The number of fused-ring (bicyclic) bond motifs is 1. The Hall–Kier alpha value is -1.55. The molecule has 0 radical (unpaired) electrons. The van der Waals surface area contributed by atoms with Gasteiger partial charge in [0.25, 0.3) is 5.91 Å². The molecule has 1 aliphatic heterocycles. The van der Waals surface area contributed by atoms with Crippen LogP contribution in [0.25, 0.3) is 10.1 Å². The Labute approximate surface area is 123 Å². The zero-order valence-electron chi connectivity index (χ0n) is 11.9. The predicted octanol–water partition coefficient (Wildman–Crippen LogP) is 3.89. The molecule has 4 heteroatoms. The van der Waals surface area contributed by atoms with Crippen LogP contribution in [0.1, 0.15) is 42.8 Å². The van der Waals surface area contributed by atoms with E-state index in [9.17, 15) is 4.79 Å². The average molecular weight is 288 g/mol. The minimum atomic E-state index is 0.100. The molecule has 0 spiro atoms. The lowest BCUT2D eigenvalue weighted by atomic mass is 9.97. The predicted molar refractivity (Wildman–Crippen MR) is 85.2 cm³/mol. The Balaban J connectivity index is 2.01. The third-order valence-electron chi connectivity index (χ3n) is 4.26. The van der Waals surface area contributed by atoms with Crippen LogP contribution >= 0.6 is 11.3 Å². The van der Waals surface area contributed by atoms with E-state index in [0.29, 0.717) is 22.6 Å². The van der Waals surface area contributed by atoms with Crippen LogP contribution in [0, 0.1) is 0 Å². The van der Waals surface area contributed by atoms with E-state index in [-0.39, 0.29) is 5.91 Å². The van der Waals surface area contributed by atoms with E-state index in [1.54, 1.807) is 0 Å². The summed E-state index contributed by atoms with van der Waals surface area (Å²) in [6.45, 7) is 4.27. The number of carbonyl (C=O) groups is 1. The maximum Gasteiger partial charge on any atom is 0.266 e. The molecule has 1 aromatic heterocycles. The largest absolute Gasteiger partial charge is 0.397 e. The average Bonchev–Trinajstić information content (AvgIpc) is 2.76. The summed E-state index contributed by atoms with van der Waals surface area (Å²) in [6.07, 6.45) is 3.37. The van der Waals surface area contributed by atoms with Crippen LogP contribution in [0.3, 0.4) is 0 Å². The number of piperidine rings is 1. The Kier molecular flexibility index (Phi) is 3.42. The monoisotopic (exact) mass is 288 g/mol. The third-order valence-corrected chi connectivity index (χ3v) is 5.43. The first kappa shape index (κ1) is 13.4. The summed E-state index contributed by atoms with van der Waals surface area (Å²) in [4.78, 5) is 15.6. The van der Waals surface area contributed by atoms with Gasteiger partial charge in [0.1, 0.15) is 4.88 Å². The van der Waals surface area contributed by atoms with Crippen LogP contribution in [-0.4, -0.2) is 22.9 Å². The first-order valence-corrected chi connectivity index (χ1v) is 8.01. The van der Waals surface area contributed by atoms with E-state index in [2.05, 4.69) is 13.8 Å². The van der Waals surface area contributed by atoms with Gasteiger partial charge in [-0.2, -0.15) is 0 Å². The fourth-order valence-electron chi connectivity index (χ4n) is 3.16. The van der Waals surface area contributed by atoms with Gasteiger partial charge in [-0.3, -0.25) is 4.79 Å². The molecule has 2 atom stereocenters. The number of thiophene rings is 1. The second-order valence-electron chi connectivity index (χ2n) is 5.68. The van der Waals surface area contributed by atoms with Crippen molar-refractivity contribution in [2.45, 2.75) is 45.2 Å². The van der Waals surface area contributed by atoms with Crippen molar-refractivity contribution in [3.63, 3.8) is 0 Å². The van der Waals surface area contributed by atoms with Crippen molar-refractivity contribution in [1.82, 2.24) is 4.90 Å². The number of nitrogens with zero attached hydrogens (tertiary/aromatic N) is 1. The van der Waals surface area contributed by atoms with Crippen molar-refractivity contribution in [2.75, 3.05) is 5.73 Å². The summed E-state index contributed by atoms with van der Waals surface area (Å²) in [7, 11) is 0. The van der Waals surface area contributed by atoms with Crippen molar-refractivity contribution in [2.24, 2.45) is 0 Å². The fraction of sp³-hybridized carbons (Fsp3) is 0.438. The van der Waals surface area contributed by atoms with E-state index < -0.39 is 0 Å². The van der Waals surface area contributed by atoms with Gasteiger partial charge in [0, 0.05) is 22.2 Å². The molecule has 20 heavy (non-hydrogen) atoms. The number of carbonyl (C=O) groups excluding carboxylic acids is 1. The van der Waals surface area contributed by atoms with E-state index in [4.69, 9.17) is 5.73 Å². The summed E-state index contributed by atoms with van der Waals surface area (Å²) in [6, 6.07) is 8.56. The molecule has 0 saturated carbocycles. The molecule has 3 nitrogen and oxygen atoms in total. The lowest BCUT2D eigenvalue weighted by Gasteiger charge is -2.38. The van der Waals surface area contributed by atoms with Crippen LogP contribution in [-0.2, 0) is 0 Å². The maximum absolute atomic E-state index is 12.9. The smallest absolute Gasteiger partial charge is 0.266 e. The molecule has 1 aliphatic rings. The highest BCUT2D eigenvalue weighted by atomic mass is 32.1. The van der Waals surface area contributed by atoms with Crippen LogP contribution < -0.4 is 5.73 Å². The highest BCUT2D eigenvalue weighted by Crippen LogP contribution is 2.36. The molecule has 1 fully saturated rings. The zero-order chi connectivity index (χ0) is 14.3. The molecule has 3 rings (SSSR count). The van der Waals surface area contributed by atoms with Gasteiger partial charge in [0.15, 0.2) is 0 Å². The molecule has 1 saturated heterocycles. The molecule has 1 amide bonds. The minimum absolute atomic E-state index is 0.100. The highest BCUT2D eigenvalue weighted by Gasteiger charge is 2.31. The normalized spacial score (nSPS) is 23.2. The number of nitrogens with two attached hydrogens (primary N) is 1. The number of amides is 1. The van der Waals surface area contributed by atoms with Crippen LogP contribution in [0.5, 0.6) is 0 Å². The van der Waals surface area contributed by atoms with Gasteiger partial charge in [0.2, 0.25) is 0 Å². The molecular formula is C16H20N2OS. The van der Waals surface area contributed by atoms with Gasteiger partial charge >= 0.3 is 0 Å². The SMILES string of the molecule is C[C@@H]1CCC[C@H](C)N1C(=O)c1sc2ccccc2c1N. The molecule has 2 N–H and O–H groups in total. The number of rotatable bonds is 1. The molecule has 2 aromatic rings. The number of nitrogen functional groups attached to an aromatic ring is 1. The van der Waals surface area contributed by atoms with E-state index in [0.717, 1.165) is 22.9 Å². The van der Waals surface area contributed by atoms with Gasteiger partial charge in [-0.25, -0.2) is 0 Å². The Morgan fingerprint density at radius 1 is 1.25 bits per heavy atom. The number of benzene rings is 1. The first-order valence-electron chi connectivity index (χ1n) is 7.19. The first-order chi connectivity index (χ1) is 9.59. The van der Waals surface area contributed by atoms with Crippen molar-refractivity contribution < 1.29 is 4.79 Å². The van der Waals surface area contributed by atoms with E-state index in [1.807, 2.05) is 29.2 Å². The lowest BCUT2D eigenvalue weighted by Crippen LogP contribution is -2.47. The summed E-state index contributed by atoms with van der Waals surface area (Å²) in [5.74, 6) is 0.100.